The maximum absolute atomic E-state index is 15.1. The first-order valence-corrected chi connectivity index (χ1v) is 13.7. The lowest BCUT2D eigenvalue weighted by molar-refractivity contribution is -0.125. The average molecular weight is 542 g/mol. The van der Waals surface area contributed by atoms with Gasteiger partial charge in [-0.15, -0.1) is 0 Å². The molecule has 1 saturated carbocycles. The van der Waals surface area contributed by atoms with Gasteiger partial charge in [0, 0.05) is 31.7 Å². The SMILES string of the molecule is CN1CCC(NC(=O)c2cc(F)c(Nc3ncc4c(n3)N(C3CCCC3)CC(C)(C)C(=O)N4C)cc2F)CC1. The average Bonchev–Trinajstić information content (AvgIpc) is 3.42. The molecule has 0 bridgehead atoms. The van der Waals surface area contributed by atoms with Crippen LogP contribution in [0.25, 0.3) is 0 Å². The second kappa shape index (κ2) is 10.7. The number of halogens is 2. The number of likely N-dealkylation sites (tertiary alicyclic amines) is 1. The summed E-state index contributed by atoms with van der Waals surface area (Å²) >= 11 is 0. The number of carbonyl (C=O) groups excluding carboxylic acids is 2. The van der Waals surface area contributed by atoms with Crippen molar-refractivity contribution < 1.29 is 18.4 Å². The molecule has 0 spiro atoms. The summed E-state index contributed by atoms with van der Waals surface area (Å²) in [5.74, 6) is -1.61. The van der Waals surface area contributed by atoms with E-state index < -0.39 is 23.0 Å². The van der Waals surface area contributed by atoms with E-state index >= 15 is 8.78 Å². The van der Waals surface area contributed by atoms with Crippen LogP contribution >= 0.6 is 0 Å². The zero-order valence-electron chi connectivity index (χ0n) is 23.1. The highest BCUT2D eigenvalue weighted by molar-refractivity contribution is 6.01. The van der Waals surface area contributed by atoms with Gasteiger partial charge < -0.3 is 25.3 Å². The van der Waals surface area contributed by atoms with Gasteiger partial charge >= 0.3 is 0 Å². The van der Waals surface area contributed by atoms with Crippen molar-refractivity contribution in [2.75, 3.05) is 48.8 Å². The van der Waals surface area contributed by atoms with E-state index in [-0.39, 0.29) is 35.2 Å². The molecule has 39 heavy (non-hydrogen) atoms. The highest BCUT2D eigenvalue weighted by atomic mass is 19.1. The topological polar surface area (TPSA) is 93.7 Å². The maximum Gasteiger partial charge on any atom is 0.254 e. The molecule has 210 valence electrons. The van der Waals surface area contributed by atoms with Crippen molar-refractivity contribution >= 4 is 35.0 Å². The third-order valence-corrected chi connectivity index (χ3v) is 8.20. The van der Waals surface area contributed by atoms with Gasteiger partial charge in [0.05, 0.1) is 22.9 Å². The zero-order chi connectivity index (χ0) is 27.9. The van der Waals surface area contributed by atoms with Crippen LogP contribution < -0.4 is 20.4 Å². The van der Waals surface area contributed by atoms with Gasteiger partial charge in [0.25, 0.3) is 5.91 Å². The van der Waals surface area contributed by atoms with E-state index in [1.165, 1.54) is 0 Å². The fourth-order valence-electron chi connectivity index (χ4n) is 5.88. The lowest BCUT2D eigenvalue weighted by Crippen LogP contribution is -2.45. The molecule has 3 aliphatic rings. The molecule has 3 heterocycles. The van der Waals surface area contributed by atoms with Crippen LogP contribution in [0.1, 0.15) is 62.7 Å². The lowest BCUT2D eigenvalue weighted by Gasteiger charge is -2.34. The third kappa shape index (κ3) is 5.54. The molecule has 2 amide bonds. The summed E-state index contributed by atoms with van der Waals surface area (Å²) < 4.78 is 30.1. The normalized spacial score (nSPS) is 20.6. The molecule has 0 unspecified atom stereocenters. The van der Waals surface area contributed by atoms with Crippen molar-refractivity contribution in [3.05, 3.63) is 35.5 Å². The van der Waals surface area contributed by atoms with Crippen LogP contribution in [0.5, 0.6) is 0 Å². The van der Waals surface area contributed by atoms with Crippen LogP contribution in [0.2, 0.25) is 0 Å². The number of hydrogen-bond donors (Lipinski definition) is 2. The Bertz CT molecular complexity index is 1260. The Morgan fingerprint density at radius 3 is 2.44 bits per heavy atom. The number of hydrogen-bond acceptors (Lipinski definition) is 7. The predicted molar refractivity (Wildman–Crippen MR) is 146 cm³/mol. The molecular weight excluding hydrogens is 504 g/mol. The van der Waals surface area contributed by atoms with Crippen molar-refractivity contribution in [3.8, 4) is 0 Å². The van der Waals surface area contributed by atoms with Crippen molar-refractivity contribution in [2.24, 2.45) is 5.41 Å². The minimum absolute atomic E-state index is 0.0317. The van der Waals surface area contributed by atoms with Crippen LogP contribution in [-0.4, -0.2) is 72.5 Å². The molecule has 11 heteroatoms. The summed E-state index contributed by atoms with van der Waals surface area (Å²) in [7, 11) is 3.72. The van der Waals surface area contributed by atoms with Crippen LogP contribution in [0.4, 0.5) is 31.9 Å². The molecule has 9 nitrogen and oxygen atoms in total. The molecule has 1 aromatic heterocycles. The number of amides is 2. The van der Waals surface area contributed by atoms with Crippen LogP contribution in [0, 0.1) is 17.0 Å². The van der Waals surface area contributed by atoms with Gasteiger partial charge in [-0.2, -0.15) is 4.98 Å². The molecule has 2 N–H and O–H groups in total. The van der Waals surface area contributed by atoms with Gasteiger partial charge in [0.2, 0.25) is 11.9 Å². The Labute approximate surface area is 228 Å². The van der Waals surface area contributed by atoms with E-state index in [4.69, 9.17) is 4.98 Å². The Morgan fingerprint density at radius 1 is 1.05 bits per heavy atom. The van der Waals surface area contributed by atoms with E-state index in [1.54, 1.807) is 18.1 Å². The second-order valence-corrected chi connectivity index (χ2v) is 11.7. The molecule has 5 rings (SSSR count). The van der Waals surface area contributed by atoms with Crippen LogP contribution in [0.15, 0.2) is 18.3 Å². The molecule has 0 atom stereocenters. The number of nitrogens with zero attached hydrogens (tertiary/aromatic N) is 5. The van der Waals surface area contributed by atoms with E-state index in [0.29, 0.717) is 18.1 Å². The quantitative estimate of drug-likeness (QED) is 0.589. The van der Waals surface area contributed by atoms with Gasteiger partial charge in [-0.05, 0) is 65.7 Å². The number of carbonyl (C=O) groups is 2. The molecular formula is C28H37F2N7O2. The first-order valence-electron chi connectivity index (χ1n) is 13.7. The molecule has 2 fully saturated rings. The Balaban J connectivity index is 1.40. The minimum Gasteiger partial charge on any atom is -0.351 e. The number of anilines is 4. The van der Waals surface area contributed by atoms with Gasteiger partial charge in [-0.3, -0.25) is 9.59 Å². The second-order valence-electron chi connectivity index (χ2n) is 11.7. The molecule has 0 radical (unpaired) electrons. The number of nitrogens with one attached hydrogen (secondary N) is 2. The predicted octanol–water partition coefficient (Wildman–Crippen LogP) is 4.07. The molecule has 2 aliphatic heterocycles. The van der Waals surface area contributed by atoms with Gasteiger partial charge in [0.1, 0.15) is 17.3 Å². The highest BCUT2D eigenvalue weighted by Gasteiger charge is 2.41. The number of benzene rings is 1. The van der Waals surface area contributed by atoms with Crippen molar-refractivity contribution in [3.63, 3.8) is 0 Å². The Kier molecular flexibility index (Phi) is 7.45. The summed E-state index contributed by atoms with van der Waals surface area (Å²) in [5.41, 5.74) is -0.565. The summed E-state index contributed by atoms with van der Waals surface area (Å²) in [6, 6.07) is 2.04. The monoisotopic (exact) mass is 541 g/mol. The first-order chi connectivity index (χ1) is 18.5. The zero-order valence-corrected chi connectivity index (χ0v) is 23.1. The van der Waals surface area contributed by atoms with Gasteiger partial charge in [-0.25, -0.2) is 13.8 Å². The summed E-state index contributed by atoms with van der Waals surface area (Å²) in [6.07, 6.45) is 7.29. The fraction of sp³-hybridized carbons (Fsp3) is 0.571. The van der Waals surface area contributed by atoms with E-state index in [1.807, 2.05) is 20.9 Å². The molecule has 1 aromatic carbocycles. The number of piperidine rings is 1. The number of rotatable bonds is 5. The Hall–Kier alpha value is -3.34. The van der Waals surface area contributed by atoms with Crippen molar-refractivity contribution in [1.29, 1.82) is 0 Å². The van der Waals surface area contributed by atoms with Crippen molar-refractivity contribution in [2.45, 2.75) is 64.5 Å². The third-order valence-electron chi connectivity index (χ3n) is 8.20. The van der Waals surface area contributed by atoms with Gasteiger partial charge in [0.15, 0.2) is 5.82 Å². The first kappa shape index (κ1) is 27.2. The smallest absolute Gasteiger partial charge is 0.254 e. The van der Waals surface area contributed by atoms with Crippen molar-refractivity contribution in [1.82, 2.24) is 20.2 Å². The van der Waals surface area contributed by atoms with E-state index in [9.17, 15) is 9.59 Å². The molecule has 1 aliphatic carbocycles. The van der Waals surface area contributed by atoms with Crippen LogP contribution in [0.3, 0.4) is 0 Å². The minimum atomic E-state index is -0.834. The number of fused-ring (bicyclic) bond motifs is 1. The summed E-state index contributed by atoms with van der Waals surface area (Å²) in [6.45, 7) is 6.02. The van der Waals surface area contributed by atoms with E-state index in [2.05, 4.69) is 25.4 Å². The summed E-state index contributed by atoms with van der Waals surface area (Å²) in [4.78, 5) is 40.8. The standard InChI is InChI=1S/C28H37F2N7O2/c1-28(2)16-37(18-7-5-6-8-18)24-23(36(4)26(28)39)15-31-27(34-24)33-22-14-20(29)19(13-21(22)30)25(38)32-17-9-11-35(3)12-10-17/h13-15,17-18H,5-12,16H2,1-4H3,(H,32,38)(H,31,33,34). The highest BCUT2D eigenvalue weighted by Crippen LogP contribution is 2.40. The maximum atomic E-state index is 15.1. The number of aromatic nitrogens is 2. The van der Waals surface area contributed by atoms with E-state index in [0.717, 1.165) is 63.7 Å². The largest absolute Gasteiger partial charge is 0.351 e. The van der Waals surface area contributed by atoms with Gasteiger partial charge in [-0.1, -0.05) is 12.8 Å². The Morgan fingerprint density at radius 2 is 1.74 bits per heavy atom. The summed E-state index contributed by atoms with van der Waals surface area (Å²) in [5, 5.41) is 5.61. The molecule has 1 saturated heterocycles. The lowest BCUT2D eigenvalue weighted by atomic mass is 9.91. The fourth-order valence-corrected chi connectivity index (χ4v) is 5.88. The van der Waals surface area contributed by atoms with Crippen LogP contribution in [-0.2, 0) is 4.79 Å². The molecule has 2 aromatic rings.